The van der Waals surface area contributed by atoms with Crippen LogP contribution in [0.2, 0.25) is 0 Å². The smallest absolute Gasteiger partial charge is 0.416 e. The highest BCUT2D eigenvalue weighted by Crippen LogP contribution is 2.36. The Labute approximate surface area is 205 Å². The third-order valence-corrected chi connectivity index (χ3v) is 6.11. The molecule has 3 aromatic rings. The van der Waals surface area contributed by atoms with Crippen molar-refractivity contribution in [2.45, 2.75) is 26.1 Å². The zero-order chi connectivity index (χ0) is 26.2. The number of methoxy groups -OCH3 is 1. The summed E-state index contributed by atoms with van der Waals surface area (Å²) in [4.78, 5) is 28.2. The quantitative estimate of drug-likeness (QED) is 0.389. The van der Waals surface area contributed by atoms with Gasteiger partial charge < -0.3 is 19.9 Å². The van der Waals surface area contributed by atoms with Crippen LogP contribution in [0.5, 0.6) is 5.88 Å². The molecule has 10 nitrogen and oxygen atoms in total. The number of hydrogen-bond donors (Lipinski definition) is 1. The molecule has 3 heterocycles. The van der Waals surface area contributed by atoms with E-state index in [2.05, 4.69) is 30.1 Å². The third kappa shape index (κ3) is 5.25. The highest BCUT2D eigenvalue weighted by Gasteiger charge is 2.33. The van der Waals surface area contributed by atoms with Crippen LogP contribution in [0.25, 0.3) is 11.0 Å². The molecule has 13 heteroatoms. The van der Waals surface area contributed by atoms with E-state index < -0.39 is 28.4 Å². The van der Waals surface area contributed by atoms with Crippen LogP contribution in [-0.2, 0) is 6.18 Å². The lowest BCUT2D eigenvalue weighted by atomic mass is 10.0. The van der Waals surface area contributed by atoms with Crippen LogP contribution in [0.3, 0.4) is 0 Å². The van der Waals surface area contributed by atoms with Crippen molar-refractivity contribution >= 4 is 28.2 Å². The molecule has 0 aliphatic carbocycles. The molecular formula is C23H26F3N7O3. The summed E-state index contributed by atoms with van der Waals surface area (Å²) >= 11 is 0. The average molecular weight is 506 g/mol. The number of ether oxygens (including phenoxy) is 1. The molecule has 0 amide bonds. The van der Waals surface area contributed by atoms with Gasteiger partial charge in [0.15, 0.2) is 5.65 Å². The Morgan fingerprint density at radius 1 is 1.11 bits per heavy atom. The number of piperazine rings is 1. The molecule has 192 valence electrons. The van der Waals surface area contributed by atoms with Gasteiger partial charge in [0.1, 0.15) is 17.3 Å². The number of aromatic nitrogens is 3. The number of aryl methyl sites for hydroxylation is 1. The summed E-state index contributed by atoms with van der Waals surface area (Å²) in [5, 5.41) is 14.9. The van der Waals surface area contributed by atoms with Gasteiger partial charge in [-0.1, -0.05) is 0 Å². The second kappa shape index (κ2) is 9.72. The van der Waals surface area contributed by atoms with E-state index in [1.54, 1.807) is 13.8 Å². The highest BCUT2D eigenvalue weighted by atomic mass is 19.4. The summed E-state index contributed by atoms with van der Waals surface area (Å²) in [5.41, 5.74) is -0.506. The Kier molecular flexibility index (Phi) is 6.85. The number of nitro groups is 1. The summed E-state index contributed by atoms with van der Waals surface area (Å²) in [7, 11) is 3.58. The molecular weight excluding hydrogens is 479 g/mol. The number of rotatable bonds is 6. The average Bonchev–Trinajstić information content (AvgIpc) is 2.82. The van der Waals surface area contributed by atoms with Crippen molar-refractivity contribution < 1.29 is 22.8 Å². The minimum atomic E-state index is -4.73. The van der Waals surface area contributed by atoms with Crippen LogP contribution in [-0.4, -0.2) is 65.1 Å². The lowest BCUT2D eigenvalue weighted by Crippen LogP contribution is -2.44. The number of fused-ring (bicyclic) bond motifs is 1. The van der Waals surface area contributed by atoms with E-state index in [4.69, 9.17) is 4.74 Å². The molecule has 1 N–H and O–H groups in total. The van der Waals surface area contributed by atoms with E-state index in [1.807, 2.05) is 13.1 Å². The third-order valence-electron chi connectivity index (χ3n) is 6.11. The summed E-state index contributed by atoms with van der Waals surface area (Å²) in [6, 6.07) is 3.67. The second-order valence-electron chi connectivity index (χ2n) is 8.73. The second-order valence-corrected chi connectivity index (χ2v) is 8.73. The molecule has 1 atom stereocenters. The van der Waals surface area contributed by atoms with Gasteiger partial charge >= 0.3 is 6.18 Å². The Balaban J connectivity index is 1.76. The summed E-state index contributed by atoms with van der Waals surface area (Å²) in [6.07, 6.45) is -4.73. The number of pyridine rings is 1. The van der Waals surface area contributed by atoms with E-state index in [-0.39, 0.29) is 5.56 Å². The van der Waals surface area contributed by atoms with E-state index in [0.717, 1.165) is 44.0 Å². The SMILES string of the molecule is COc1nc2nc(C)nc(N[C@H](C)c3cc([N+](=O)[O-])cc(C(F)(F)F)c3)c2cc1N1CCN(C)CC1. The first-order valence-electron chi connectivity index (χ1n) is 11.3. The molecule has 1 saturated heterocycles. The number of nitro benzene ring substituents is 1. The van der Waals surface area contributed by atoms with Gasteiger partial charge in [-0.05, 0) is 38.6 Å². The largest absolute Gasteiger partial charge is 0.479 e. The van der Waals surface area contributed by atoms with Crippen LogP contribution in [0.15, 0.2) is 24.3 Å². The van der Waals surface area contributed by atoms with E-state index in [1.165, 1.54) is 7.11 Å². The number of alkyl halides is 3. The highest BCUT2D eigenvalue weighted by molar-refractivity contribution is 5.90. The lowest BCUT2D eigenvalue weighted by Gasteiger charge is -2.34. The molecule has 1 aliphatic heterocycles. The predicted molar refractivity (Wildman–Crippen MR) is 128 cm³/mol. The van der Waals surface area contributed by atoms with Crippen molar-refractivity contribution in [3.63, 3.8) is 0 Å². The zero-order valence-electron chi connectivity index (χ0n) is 20.3. The molecule has 0 saturated carbocycles. The Morgan fingerprint density at radius 2 is 1.81 bits per heavy atom. The molecule has 0 spiro atoms. The van der Waals surface area contributed by atoms with Crippen LogP contribution in [0, 0.1) is 17.0 Å². The standard InChI is InChI=1S/C23H26F3N7O3/c1-13(15-9-16(23(24,25)26)11-17(10-15)33(34)35)27-20-18-12-19(32-7-5-31(3)6-8-32)22(36-4)30-21(18)29-14(2)28-20/h9-13H,5-8H2,1-4H3,(H,27,28,29,30)/t13-/m1/s1. The van der Waals surface area contributed by atoms with Gasteiger partial charge in [0, 0.05) is 38.3 Å². The monoisotopic (exact) mass is 505 g/mol. The molecule has 1 fully saturated rings. The number of non-ortho nitro benzene ring substituents is 1. The van der Waals surface area contributed by atoms with Crippen LogP contribution >= 0.6 is 0 Å². The Morgan fingerprint density at radius 3 is 2.42 bits per heavy atom. The molecule has 1 aliphatic rings. The molecule has 0 radical (unpaired) electrons. The van der Waals surface area contributed by atoms with Gasteiger partial charge in [-0.3, -0.25) is 10.1 Å². The molecule has 2 aromatic heterocycles. The van der Waals surface area contributed by atoms with Gasteiger partial charge in [-0.15, -0.1) is 0 Å². The number of nitrogens with one attached hydrogen (secondary N) is 1. The maximum Gasteiger partial charge on any atom is 0.416 e. The maximum absolute atomic E-state index is 13.4. The minimum Gasteiger partial charge on any atom is -0.479 e. The number of halogens is 3. The number of hydrogen-bond acceptors (Lipinski definition) is 9. The van der Waals surface area contributed by atoms with Gasteiger partial charge in [0.2, 0.25) is 5.88 Å². The van der Waals surface area contributed by atoms with Gasteiger partial charge in [0.05, 0.1) is 29.0 Å². The van der Waals surface area contributed by atoms with Crippen molar-refractivity contribution in [3.8, 4) is 5.88 Å². The van der Waals surface area contributed by atoms with Crippen molar-refractivity contribution in [2.75, 3.05) is 50.6 Å². The molecule has 1 aromatic carbocycles. The fourth-order valence-electron chi connectivity index (χ4n) is 4.11. The van der Waals surface area contributed by atoms with Gasteiger partial charge in [-0.2, -0.15) is 18.2 Å². The molecule has 36 heavy (non-hydrogen) atoms. The Hall–Kier alpha value is -3.74. The lowest BCUT2D eigenvalue weighted by molar-refractivity contribution is -0.385. The first-order valence-corrected chi connectivity index (χ1v) is 11.3. The number of anilines is 2. The predicted octanol–water partition coefficient (Wildman–Crippen LogP) is 4.19. The molecule has 0 unspecified atom stereocenters. The zero-order valence-corrected chi connectivity index (χ0v) is 20.3. The molecule has 4 rings (SSSR count). The summed E-state index contributed by atoms with van der Waals surface area (Å²) < 4.78 is 45.7. The van der Waals surface area contributed by atoms with Crippen molar-refractivity contribution in [1.29, 1.82) is 0 Å². The normalized spacial score (nSPS) is 15.7. The first kappa shape index (κ1) is 25.4. The fraction of sp³-hybridized carbons (Fsp3) is 0.435. The molecule has 0 bridgehead atoms. The Bertz CT molecular complexity index is 1290. The number of likely N-dealkylation sites (N-methyl/N-ethyl adjacent to an activating group) is 1. The van der Waals surface area contributed by atoms with Gasteiger partial charge in [0.25, 0.3) is 5.69 Å². The van der Waals surface area contributed by atoms with Crippen molar-refractivity contribution in [2.24, 2.45) is 0 Å². The van der Waals surface area contributed by atoms with Crippen LogP contribution < -0.4 is 15.0 Å². The minimum absolute atomic E-state index is 0.0988. The van der Waals surface area contributed by atoms with Crippen molar-refractivity contribution in [3.05, 3.63) is 51.3 Å². The topological polar surface area (TPSA) is 110 Å². The summed E-state index contributed by atoms with van der Waals surface area (Å²) in [5.74, 6) is 1.17. The van der Waals surface area contributed by atoms with Crippen LogP contribution in [0.1, 0.15) is 29.9 Å². The number of benzene rings is 1. The van der Waals surface area contributed by atoms with Crippen molar-refractivity contribution in [1.82, 2.24) is 19.9 Å². The maximum atomic E-state index is 13.4. The fourth-order valence-corrected chi connectivity index (χ4v) is 4.11. The summed E-state index contributed by atoms with van der Waals surface area (Å²) in [6.45, 7) is 6.54. The number of nitrogens with zero attached hydrogens (tertiary/aromatic N) is 6. The van der Waals surface area contributed by atoms with E-state index in [9.17, 15) is 23.3 Å². The van der Waals surface area contributed by atoms with Gasteiger partial charge in [-0.25, -0.2) is 9.97 Å². The van der Waals surface area contributed by atoms with E-state index in [0.29, 0.717) is 34.6 Å². The first-order chi connectivity index (χ1) is 17.0. The van der Waals surface area contributed by atoms with E-state index >= 15 is 0 Å². The van der Waals surface area contributed by atoms with Crippen LogP contribution in [0.4, 0.5) is 30.4 Å².